The fourth-order valence-corrected chi connectivity index (χ4v) is 6.95. The summed E-state index contributed by atoms with van der Waals surface area (Å²) in [7, 11) is 2.17. The number of rotatable bonds is 3. The number of nitrogen functional groups attached to an aromatic ring is 1. The predicted molar refractivity (Wildman–Crippen MR) is 155 cm³/mol. The van der Waals surface area contributed by atoms with E-state index in [-0.39, 0.29) is 6.04 Å². The number of pyridine rings is 2. The number of anilines is 2. The van der Waals surface area contributed by atoms with Crippen LogP contribution in [0.3, 0.4) is 0 Å². The van der Waals surface area contributed by atoms with E-state index >= 15 is 0 Å². The van der Waals surface area contributed by atoms with Crippen LogP contribution in [-0.2, 0) is 9.59 Å². The molecule has 10 heteroatoms. The Kier molecular flexibility index (Phi) is 6.90. The fourth-order valence-electron chi connectivity index (χ4n) is 5.84. The van der Waals surface area contributed by atoms with Crippen LogP contribution in [0.4, 0.5) is 11.5 Å². The number of benzene rings is 1. The molecule has 0 radical (unpaired) electrons. The zero-order valence-corrected chi connectivity index (χ0v) is 23.1. The Hall–Kier alpha value is -3.63. The normalized spacial score (nSPS) is 20.9. The number of carbonyl (C=O) groups is 2. The highest BCUT2D eigenvalue weighted by molar-refractivity contribution is 7.18. The standard InChI is InChI=1S/C29H33N7O2S/c1-17-3-5-24(19-4-6-25-22(13-19)34-28(39-25)18-8-11-35(2)12-9-18)36(16-17)29(38)27(37)33-23-15-32-26(30)21-14-31-10-7-20(21)23/h4,6-7,10,13-15,17-18,24H,3,5,8-9,11-12,16H2,1-2H3,(H2,30,32)(H,33,37)/t17-,24+/m0/s1. The molecule has 2 aliphatic heterocycles. The number of nitrogens with two attached hydrogens (primary N) is 1. The van der Waals surface area contributed by atoms with Crippen LogP contribution in [0.5, 0.6) is 0 Å². The van der Waals surface area contributed by atoms with Gasteiger partial charge in [-0.05, 0) is 75.5 Å². The number of nitrogens with one attached hydrogen (secondary N) is 1. The third kappa shape index (κ3) is 5.06. The maximum Gasteiger partial charge on any atom is 0.313 e. The second-order valence-corrected chi connectivity index (χ2v) is 12.0. The van der Waals surface area contributed by atoms with E-state index in [0.717, 1.165) is 49.9 Å². The van der Waals surface area contributed by atoms with Crippen molar-refractivity contribution in [1.82, 2.24) is 24.8 Å². The van der Waals surface area contributed by atoms with Gasteiger partial charge in [-0.25, -0.2) is 9.97 Å². The molecule has 0 unspecified atom stereocenters. The van der Waals surface area contributed by atoms with Gasteiger partial charge in [0, 0.05) is 35.6 Å². The minimum absolute atomic E-state index is 0.178. The number of hydrogen-bond acceptors (Lipinski definition) is 8. The Bertz CT molecular complexity index is 1550. The highest BCUT2D eigenvalue weighted by Gasteiger charge is 2.35. The van der Waals surface area contributed by atoms with Crippen molar-refractivity contribution in [3.05, 3.63) is 53.4 Å². The summed E-state index contributed by atoms with van der Waals surface area (Å²) in [6, 6.07) is 7.92. The smallest absolute Gasteiger partial charge is 0.313 e. The lowest BCUT2D eigenvalue weighted by Gasteiger charge is -2.38. The van der Waals surface area contributed by atoms with Gasteiger partial charge >= 0.3 is 11.8 Å². The lowest BCUT2D eigenvalue weighted by atomic mass is 9.89. The number of thiazole rings is 1. The lowest BCUT2D eigenvalue weighted by Crippen LogP contribution is -2.46. The summed E-state index contributed by atoms with van der Waals surface area (Å²) in [5.41, 5.74) is 8.42. The quantitative estimate of drug-likeness (QED) is 0.364. The first-order chi connectivity index (χ1) is 18.9. The summed E-state index contributed by atoms with van der Waals surface area (Å²) >= 11 is 1.78. The van der Waals surface area contributed by atoms with Gasteiger partial charge in [0.2, 0.25) is 0 Å². The first-order valence-electron chi connectivity index (χ1n) is 13.6. The number of aromatic nitrogens is 3. The summed E-state index contributed by atoms with van der Waals surface area (Å²) in [6.07, 6.45) is 8.77. The Morgan fingerprint density at radius 3 is 2.72 bits per heavy atom. The molecule has 9 nitrogen and oxygen atoms in total. The molecule has 39 heavy (non-hydrogen) atoms. The van der Waals surface area contributed by atoms with E-state index in [9.17, 15) is 9.59 Å². The van der Waals surface area contributed by atoms with Crippen molar-refractivity contribution < 1.29 is 9.59 Å². The van der Waals surface area contributed by atoms with Crippen LogP contribution in [0.25, 0.3) is 21.0 Å². The van der Waals surface area contributed by atoms with Crippen molar-refractivity contribution in [3.63, 3.8) is 0 Å². The third-order valence-corrected chi connectivity index (χ3v) is 9.32. The largest absolute Gasteiger partial charge is 0.383 e. The first kappa shape index (κ1) is 25.6. The van der Waals surface area contributed by atoms with Gasteiger partial charge < -0.3 is 20.9 Å². The van der Waals surface area contributed by atoms with Gasteiger partial charge in [-0.1, -0.05) is 13.0 Å². The molecule has 4 aromatic rings. The summed E-state index contributed by atoms with van der Waals surface area (Å²) in [4.78, 5) is 44.2. The van der Waals surface area contributed by atoms with E-state index in [0.29, 0.717) is 40.7 Å². The van der Waals surface area contributed by atoms with Gasteiger partial charge in [0.1, 0.15) is 5.82 Å². The van der Waals surface area contributed by atoms with Crippen molar-refractivity contribution in [2.24, 2.45) is 5.92 Å². The van der Waals surface area contributed by atoms with Crippen LogP contribution in [0.15, 0.2) is 42.9 Å². The van der Waals surface area contributed by atoms with Gasteiger partial charge in [0.15, 0.2) is 0 Å². The Labute approximate surface area is 231 Å². The highest BCUT2D eigenvalue weighted by Crippen LogP contribution is 2.38. The molecule has 5 heterocycles. The molecule has 3 N–H and O–H groups in total. The van der Waals surface area contributed by atoms with Gasteiger partial charge in [-0.3, -0.25) is 14.6 Å². The molecular formula is C29H33N7O2S. The molecule has 2 saturated heterocycles. The summed E-state index contributed by atoms with van der Waals surface area (Å²) in [5, 5.41) is 5.31. The predicted octanol–water partition coefficient (Wildman–Crippen LogP) is 4.57. The zero-order chi connectivity index (χ0) is 27.1. The summed E-state index contributed by atoms with van der Waals surface area (Å²) in [6.45, 7) is 4.85. The molecule has 2 atom stereocenters. The van der Waals surface area contributed by atoms with Gasteiger partial charge in [0.25, 0.3) is 0 Å². The summed E-state index contributed by atoms with van der Waals surface area (Å²) < 4.78 is 1.17. The molecular weight excluding hydrogens is 510 g/mol. The van der Waals surface area contributed by atoms with E-state index in [1.54, 1.807) is 34.7 Å². The number of carbonyl (C=O) groups excluding carboxylic acids is 2. The van der Waals surface area contributed by atoms with Crippen LogP contribution in [0.1, 0.15) is 55.1 Å². The molecule has 0 saturated carbocycles. The minimum atomic E-state index is -0.682. The monoisotopic (exact) mass is 543 g/mol. The maximum atomic E-state index is 13.6. The number of piperidine rings is 2. The molecule has 0 spiro atoms. The molecule has 202 valence electrons. The molecule has 1 aromatic carbocycles. The first-order valence-corrected chi connectivity index (χ1v) is 14.4. The van der Waals surface area contributed by atoms with E-state index in [1.165, 1.54) is 15.9 Å². The second kappa shape index (κ2) is 10.5. The average Bonchev–Trinajstić information content (AvgIpc) is 3.38. The van der Waals surface area contributed by atoms with Crippen LogP contribution in [0, 0.1) is 5.92 Å². The van der Waals surface area contributed by atoms with E-state index in [2.05, 4.69) is 52.4 Å². The van der Waals surface area contributed by atoms with Crippen LogP contribution >= 0.6 is 11.3 Å². The van der Waals surface area contributed by atoms with Crippen LogP contribution in [0.2, 0.25) is 0 Å². The van der Waals surface area contributed by atoms with Gasteiger partial charge in [-0.15, -0.1) is 11.3 Å². The van der Waals surface area contributed by atoms with Crippen LogP contribution in [-0.4, -0.2) is 63.2 Å². The zero-order valence-electron chi connectivity index (χ0n) is 22.3. The molecule has 0 aliphatic carbocycles. The Morgan fingerprint density at radius 1 is 1.08 bits per heavy atom. The Morgan fingerprint density at radius 2 is 1.90 bits per heavy atom. The van der Waals surface area contributed by atoms with E-state index in [4.69, 9.17) is 10.7 Å². The molecule has 0 bridgehead atoms. The molecule has 6 rings (SSSR count). The van der Waals surface area contributed by atoms with Crippen molar-refractivity contribution in [3.8, 4) is 0 Å². The Balaban J connectivity index is 1.24. The number of nitrogens with zero attached hydrogens (tertiary/aromatic N) is 5. The second-order valence-electron chi connectivity index (χ2n) is 10.9. The minimum Gasteiger partial charge on any atom is -0.383 e. The molecule has 2 fully saturated rings. The van der Waals surface area contributed by atoms with Crippen molar-refractivity contribution in [1.29, 1.82) is 0 Å². The third-order valence-electron chi connectivity index (χ3n) is 8.12. The van der Waals surface area contributed by atoms with Crippen molar-refractivity contribution >= 4 is 55.6 Å². The maximum absolute atomic E-state index is 13.6. The van der Waals surface area contributed by atoms with Crippen LogP contribution < -0.4 is 11.1 Å². The number of fused-ring (bicyclic) bond motifs is 2. The lowest BCUT2D eigenvalue weighted by molar-refractivity contribution is -0.146. The highest BCUT2D eigenvalue weighted by atomic mass is 32.1. The number of hydrogen-bond donors (Lipinski definition) is 2. The van der Waals surface area contributed by atoms with Gasteiger partial charge in [0.05, 0.1) is 33.2 Å². The molecule has 3 aromatic heterocycles. The van der Waals surface area contributed by atoms with Crippen molar-refractivity contribution in [2.45, 2.75) is 44.6 Å². The van der Waals surface area contributed by atoms with E-state index < -0.39 is 11.8 Å². The molecule has 2 amide bonds. The molecule has 2 aliphatic rings. The average molecular weight is 544 g/mol. The van der Waals surface area contributed by atoms with Gasteiger partial charge in [-0.2, -0.15) is 0 Å². The SMILES string of the molecule is C[C@H]1CC[C@H](c2ccc3sc(C4CCN(C)CC4)nc3c2)N(C(=O)C(=O)Nc2cnc(N)c3cnccc23)C1. The van der Waals surface area contributed by atoms with Crippen molar-refractivity contribution in [2.75, 3.05) is 37.7 Å². The number of likely N-dealkylation sites (tertiary alicyclic amines) is 2. The summed E-state index contributed by atoms with van der Waals surface area (Å²) in [5.74, 6) is -0.0889. The number of amides is 2. The van der Waals surface area contributed by atoms with E-state index in [1.807, 2.05) is 0 Å². The fraction of sp³-hybridized carbons (Fsp3) is 0.414. The topological polar surface area (TPSA) is 117 Å².